The van der Waals surface area contributed by atoms with Gasteiger partial charge in [-0.3, -0.25) is 4.99 Å². The molecule has 38 heavy (non-hydrogen) atoms. The molecule has 0 spiro atoms. The molecular weight excluding hydrogens is 492 g/mol. The van der Waals surface area contributed by atoms with Gasteiger partial charge in [0.1, 0.15) is 0 Å². The van der Waals surface area contributed by atoms with Gasteiger partial charge in [-0.25, -0.2) is 0 Å². The lowest BCUT2D eigenvalue weighted by molar-refractivity contribution is 0.307. The quantitative estimate of drug-likeness (QED) is 0.156. The van der Waals surface area contributed by atoms with Crippen molar-refractivity contribution in [3.8, 4) is 0 Å². The van der Waals surface area contributed by atoms with Gasteiger partial charge in [0.2, 0.25) is 0 Å². The van der Waals surface area contributed by atoms with Crippen molar-refractivity contribution in [2.24, 2.45) is 10.7 Å². The number of aliphatic hydroxyl groups excluding tert-OH is 1. The molecule has 6 N–H and O–H groups in total. The first kappa shape index (κ1) is 33.2. The summed E-state index contributed by atoms with van der Waals surface area (Å²) in [7, 11) is 0. The van der Waals surface area contributed by atoms with Gasteiger partial charge in [0.05, 0.1) is 18.5 Å². The Morgan fingerprint density at radius 3 is 2.24 bits per heavy atom. The van der Waals surface area contributed by atoms with E-state index in [1.54, 1.807) is 0 Å². The Morgan fingerprint density at radius 2 is 1.68 bits per heavy atom. The Morgan fingerprint density at radius 1 is 1.08 bits per heavy atom. The van der Waals surface area contributed by atoms with Crippen molar-refractivity contribution in [2.75, 3.05) is 17.8 Å². The topological polar surface area (TPSA) is 96.7 Å². The number of aliphatic imine (C=N–C) groups is 1. The number of nitrogens with one attached hydrogen (secondary N) is 1. The van der Waals surface area contributed by atoms with Crippen LogP contribution >= 0.6 is 11.6 Å². The molecule has 1 aliphatic rings. The minimum atomic E-state index is -0.250. The first-order valence-corrected chi connectivity index (χ1v) is 14.0. The van der Waals surface area contributed by atoms with E-state index in [1.807, 2.05) is 48.5 Å². The zero-order chi connectivity index (χ0) is 28.5. The lowest BCUT2D eigenvalue weighted by Crippen LogP contribution is -2.28. The Kier molecular flexibility index (Phi) is 16.1. The van der Waals surface area contributed by atoms with Crippen LogP contribution in [-0.2, 0) is 0 Å². The molecule has 208 valence electrons. The van der Waals surface area contributed by atoms with Crippen LogP contribution < -0.4 is 16.8 Å². The normalized spacial score (nSPS) is 16.9. The van der Waals surface area contributed by atoms with Crippen LogP contribution in [-0.4, -0.2) is 29.6 Å². The molecule has 5 nitrogen and oxygen atoms in total. The van der Waals surface area contributed by atoms with Gasteiger partial charge < -0.3 is 21.9 Å². The minimum Gasteiger partial charge on any atom is -0.399 e. The number of benzene rings is 2. The van der Waals surface area contributed by atoms with Crippen molar-refractivity contribution in [3.05, 3.63) is 94.6 Å². The maximum absolute atomic E-state index is 7.35. The second-order valence-electron chi connectivity index (χ2n) is 9.12. The Balaban J connectivity index is 0.00000110. The van der Waals surface area contributed by atoms with Crippen molar-refractivity contribution < 1.29 is 5.11 Å². The largest absolute Gasteiger partial charge is 0.399 e. The van der Waals surface area contributed by atoms with E-state index in [4.69, 9.17) is 27.4 Å². The summed E-state index contributed by atoms with van der Waals surface area (Å²) in [6.45, 7) is 14.5. The molecule has 1 heterocycles. The van der Waals surface area contributed by atoms with Crippen LogP contribution in [0.15, 0.2) is 83.4 Å². The van der Waals surface area contributed by atoms with E-state index in [-0.39, 0.29) is 18.8 Å². The van der Waals surface area contributed by atoms with Crippen molar-refractivity contribution in [3.63, 3.8) is 0 Å². The highest BCUT2D eigenvalue weighted by Crippen LogP contribution is 2.30. The molecular formula is C32H47ClN4O. The van der Waals surface area contributed by atoms with Gasteiger partial charge in [0, 0.05) is 33.6 Å². The molecule has 6 heteroatoms. The molecule has 3 rings (SSSR count). The third-order valence-electron chi connectivity index (χ3n) is 6.02. The van der Waals surface area contributed by atoms with Gasteiger partial charge >= 0.3 is 0 Å². The molecule has 2 unspecified atom stereocenters. The Hall–Kier alpha value is -2.86. The zero-order valence-corrected chi connectivity index (χ0v) is 24.6. The molecule has 0 aliphatic carbocycles. The predicted octanol–water partition coefficient (Wildman–Crippen LogP) is 7.89. The number of nitrogens with zero attached hydrogens (tertiary/aromatic N) is 1. The molecule has 0 saturated carbocycles. The van der Waals surface area contributed by atoms with Crippen LogP contribution in [0.1, 0.15) is 77.8 Å². The summed E-state index contributed by atoms with van der Waals surface area (Å²) in [6, 6.07) is 14.2. The van der Waals surface area contributed by atoms with Crippen LogP contribution in [0.4, 0.5) is 11.4 Å². The maximum atomic E-state index is 7.35. The number of anilines is 2. The van der Waals surface area contributed by atoms with Crippen LogP contribution in [0.2, 0.25) is 5.02 Å². The summed E-state index contributed by atoms with van der Waals surface area (Å²) in [4.78, 5) is 5.26. The number of hydrogen-bond donors (Lipinski definition) is 4. The van der Waals surface area contributed by atoms with E-state index < -0.39 is 0 Å². The number of halogens is 1. The summed E-state index contributed by atoms with van der Waals surface area (Å²) in [5.74, 6) is 0. The number of nitrogens with two attached hydrogens (primary N) is 2. The van der Waals surface area contributed by atoms with Crippen LogP contribution in [0.3, 0.4) is 0 Å². The Labute approximate surface area is 235 Å². The summed E-state index contributed by atoms with van der Waals surface area (Å²) in [5.41, 5.74) is 17.9. The number of rotatable bonds is 8. The fourth-order valence-electron chi connectivity index (χ4n) is 4.24. The van der Waals surface area contributed by atoms with Crippen LogP contribution in [0, 0.1) is 0 Å². The fraction of sp³-hybridized carbons (Fsp3) is 0.406. The van der Waals surface area contributed by atoms with Crippen LogP contribution in [0.25, 0.3) is 0 Å². The molecule has 0 saturated heterocycles. The van der Waals surface area contributed by atoms with Gasteiger partial charge in [-0.05, 0) is 74.1 Å². The van der Waals surface area contributed by atoms with Crippen molar-refractivity contribution in [2.45, 2.75) is 78.8 Å². The lowest BCUT2D eigenvalue weighted by Gasteiger charge is -2.20. The molecule has 0 aromatic heterocycles. The average Bonchev–Trinajstić information content (AvgIpc) is 3.03. The zero-order valence-electron chi connectivity index (χ0n) is 23.8. The van der Waals surface area contributed by atoms with E-state index in [0.717, 1.165) is 53.9 Å². The SMILES string of the molecule is C=C/C=C(CC)\C(=C/CCC1N=C(c2ccc(N)cc2)c2cc(Cl)ccc2NC1C)CC.CCC.NCO. The third-order valence-corrected chi connectivity index (χ3v) is 6.26. The second kappa shape index (κ2) is 18.4. The first-order chi connectivity index (χ1) is 18.3. The monoisotopic (exact) mass is 538 g/mol. The highest BCUT2D eigenvalue weighted by atomic mass is 35.5. The molecule has 2 atom stereocenters. The molecule has 2 aromatic carbocycles. The van der Waals surface area contributed by atoms with E-state index in [9.17, 15) is 0 Å². The van der Waals surface area contributed by atoms with Gasteiger partial charge in [0.15, 0.2) is 0 Å². The molecule has 0 amide bonds. The highest BCUT2D eigenvalue weighted by Gasteiger charge is 2.24. The summed E-state index contributed by atoms with van der Waals surface area (Å²) < 4.78 is 0. The number of aliphatic hydroxyl groups is 1. The molecule has 0 radical (unpaired) electrons. The summed E-state index contributed by atoms with van der Waals surface area (Å²) in [6.07, 6.45) is 11.6. The summed E-state index contributed by atoms with van der Waals surface area (Å²) >= 11 is 6.36. The van der Waals surface area contributed by atoms with Gasteiger partial charge in [-0.15, -0.1) is 0 Å². The van der Waals surface area contributed by atoms with E-state index in [2.05, 4.69) is 64.4 Å². The molecule has 2 aromatic rings. The lowest BCUT2D eigenvalue weighted by atomic mass is 9.97. The van der Waals surface area contributed by atoms with Crippen LogP contribution in [0.5, 0.6) is 0 Å². The van der Waals surface area contributed by atoms with Gasteiger partial charge in [-0.2, -0.15) is 0 Å². The first-order valence-electron chi connectivity index (χ1n) is 13.6. The smallest absolute Gasteiger partial charge is 0.0906 e. The molecule has 1 aliphatic heterocycles. The van der Waals surface area contributed by atoms with E-state index in [1.165, 1.54) is 17.6 Å². The highest BCUT2D eigenvalue weighted by molar-refractivity contribution is 6.31. The summed E-state index contributed by atoms with van der Waals surface area (Å²) in [5, 5.41) is 11.7. The average molecular weight is 539 g/mol. The van der Waals surface area contributed by atoms with Gasteiger partial charge in [0.25, 0.3) is 0 Å². The van der Waals surface area contributed by atoms with Crippen molar-refractivity contribution in [1.29, 1.82) is 0 Å². The second-order valence-corrected chi connectivity index (χ2v) is 9.56. The number of allylic oxidation sites excluding steroid dienone is 5. The van der Waals surface area contributed by atoms with Crippen molar-refractivity contribution >= 4 is 28.7 Å². The number of fused-ring (bicyclic) bond motifs is 1. The Bertz CT molecular complexity index is 1070. The number of benzodiazepines with no additional fused rings is 1. The van der Waals surface area contributed by atoms with E-state index in [0.29, 0.717) is 5.02 Å². The predicted molar refractivity (Wildman–Crippen MR) is 168 cm³/mol. The van der Waals surface area contributed by atoms with Crippen molar-refractivity contribution in [1.82, 2.24) is 0 Å². The number of hydrogen-bond acceptors (Lipinski definition) is 5. The minimum absolute atomic E-state index is 0.136. The maximum Gasteiger partial charge on any atom is 0.0906 e. The number of nitrogen functional groups attached to an aromatic ring is 1. The van der Waals surface area contributed by atoms with E-state index >= 15 is 0 Å². The standard InChI is InChI=1S/C28H34ClN3.C3H8.CH5NO/c1-5-9-20(6-2)21(7-3)10-8-11-26-19(4)31-27-17-14-23(29)18-25(27)28(32-26)22-12-15-24(30)16-13-22;1-3-2;2-1-3/h5,9-10,12-19,26,31H,1,6-8,11,30H2,2-4H3;3H2,1-2H3;3H,1-2H2/b20-9-,21-10-;;. The third kappa shape index (κ3) is 10.5. The molecule has 0 bridgehead atoms. The molecule has 0 fully saturated rings. The van der Waals surface area contributed by atoms with Gasteiger partial charge in [-0.1, -0.05) is 82.7 Å². The fourth-order valence-corrected chi connectivity index (χ4v) is 4.41.